The normalized spacial score (nSPS) is 10.6. The SMILES string of the molecule is Cc1ccc(CNC(=O)c2cc(Nc3ccc(F)c(F)c3F)nc(C)n2)cc1. The van der Waals surface area contributed by atoms with Crippen LogP contribution >= 0.6 is 0 Å². The largest absolute Gasteiger partial charge is 0.347 e. The molecule has 0 radical (unpaired) electrons. The number of carbonyl (C=O) groups excluding carboxylic acids is 1. The zero-order chi connectivity index (χ0) is 20.3. The Balaban J connectivity index is 1.76. The van der Waals surface area contributed by atoms with Crippen molar-refractivity contribution in [1.29, 1.82) is 0 Å². The van der Waals surface area contributed by atoms with E-state index in [0.717, 1.165) is 23.3 Å². The molecule has 0 fully saturated rings. The van der Waals surface area contributed by atoms with Crippen molar-refractivity contribution in [2.24, 2.45) is 0 Å². The van der Waals surface area contributed by atoms with Gasteiger partial charge in [-0.05, 0) is 31.5 Å². The first-order chi connectivity index (χ1) is 13.3. The van der Waals surface area contributed by atoms with E-state index in [2.05, 4.69) is 20.6 Å². The summed E-state index contributed by atoms with van der Waals surface area (Å²) in [6, 6.07) is 10.8. The minimum Gasteiger partial charge on any atom is -0.347 e. The predicted octanol–water partition coefficient (Wildman–Crippen LogP) is 4.18. The summed E-state index contributed by atoms with van der Waals surface area (Å²) in [7, 11) is 0. The Bertz CT molecular complexity index is 1020. The van der Waals surface area contributed by atoms with Crippen LogP contribution in [0.4, 0.5) is 24.7 Å². The average Bonchev–Trinajstić information content (AvgIpc) is 2.67. The van der Waals surface area contributed by atoms with Gasteiger partial charge in [-0.1, -0.05) is 29.8 Å². The monoisotopic (exact) mass is 386 g/mol. The minimum absolute atomic E-state index is 0.0603. The topological polar surface area (TPSA) is 66.9 Å². The smallest absolute Gasteiger partial charge is 0.270 e. The fourth-order valence-corrected chi connectivity index (χ4v) is 2.49. The second kappa shape index (κ2) is 8.08. The number of hydrogen-bond donors (Lipinski definition) is 2. The van der Waals surface area contributed by atoms with Crippen LogP contribution in [0.5, 0.6) is 0 Å². The van der Waals surface area contributed by atoms with Gasteiger partial charge in [-0.15, -0.1) is 0 Å². The van der Waals surface area contributed by atoms with Gasteiger partial charge in [0.2, 0.25) is 0 Å². The van der Waals surface area contributed by atoms with Gasteiger partial charge in [-0.3, -0.25) is 4.79 Å². The van der Waals surface area contributed by atoms with E-state index < -0.39 is 23.4 Å². The van der Waals surface area contributed by atoms with E-state index in [9.17, 15) is 18.0 Å². The van der Waals surface area contributed by atoms with Crippen molar-refractivity contribution in [3.05, 3.63) is 82.6 Å². The van der Waals surface area contributed by atoms with Crippen LogP contribution in [0.15, 0.2) is 42.5 Å². The Morgan fingerprint density at radius 1 is 0.964 bits per heavy atom. The fraction of sp³-hybridized carbons (Fsp3) is 0.150. The molecular formula is C20H17F3N4O. The summed E-state index contributed by atoms with van der Waals surface area (Å²) in [4.78, 5) is 20.5. The third-order valence-corrected chi connectivity index (χ3v) is 3.94. The van der Waals surface area contributed by atoms with E-state index in [4.69, 9.17) is 0 Å². The quantitative estimate of drug-likeness (QED) is 0.646. The lowest BCUT2D eigenvalue weighted by atomic mass is 10.1. The van der Waals surface area contributed by atoms with Crippen LogP contribution in [0.25, 0.3) is 0 Å². The summed E-state index contributed by atoms with van der Waals surface area (Å²) >= 11 is 0. The number of nitrogens with one attached hydrogen (secondary N) is 2. The lowest BCUT2D eigenvalue weighted by Crippen LogP contribution is -2.24. The zero-order valence-corrected chi connectivity index (χ0v) is 15.2. The van der Waals surface area contributed by atoms with E-state index in [0.29, 0.717) is 6.54 Å². The van der Waals surface area contributed by atoms with Crippen LogP contribution < -0.4 is 10.6 Å². The number of rotatable bonds is 5. The number of aryl methyl sites for hydroxylation is 2. The third kappa shape index (κ3) is 4.46. The van der Waals surface area contributed by atoms with Gasteiger partial charge in [0.1, 0.15) is 17.3 Å². The van der Waals surface area contributed by atoms with Crippen LogP contribution in [-0.2, 0) is 6.54 Å². The number of carbonyl (C=O) groups is 1. The highest BCUT2D eigenvalue weighted by atomic mass is 19.2. The molecular weight excluding hydrogens is 369 g/mol. The molecule has 0 saturated heterocycles. The van der Waals surface area contributed by atoms with Crippen molar-refractivity contribution < 1.29 is 18.0 Å². The average molecular weight is 386 g/mol. The second-order valence-corrected chi connectivity index (χ2v) is 6.20. The number of aromatic nitrogens is 2. The Labute approximate surface area is 159 Å². The molecule has 0 atom stereocenters. The minimum atomic E-state index is -1.59. The number of anilines is 2. The molecule has 5 nitrogen and oxygen atoms in total. The molecule has 0 unspecified atom stereocenters. The lowest BCUT2D eigenvalue weighted by Gasteiger charge is -2.10. The molecule has 144 valence electrons. The number of nitrogens with zero attached hydrogens (tertiary/aromatic N) is 2. The van der Waals surface area contributed by atoms with Gasteiger partial charge in [0.15, 0.2) is 17.5 Å². The van der Waals surface area contributed by atoms with Crippen molar-refractivity contribution in [2.75, 3.05) is 5.32 Å². The molecule has 1 heterocycles. The van der Waals surface area contributed by atoms with Crippen LogP contribution in [0, 0.1) is 31.3 Å². The maximum Gasteiger partial charge on any atom is 0.270 e. The number of hydrogen-bond acceptors (Lipinski definition) is 4. The molecule has 0 aliphatic rings. The highest BCUT2D eigenvalue weighted by Gasteiger charge is 2.15. The van der Waals surface area contributed by atoms with E-state index in [1.54, 1.807) is 6.92 Å². The van der Waals surface area contributed by atoms with Crippen LogP contribution in [0.1, 0.15) is 27.4 Å². The molecule has 0 spiro atoms. The van der Waals surface area contributed by atoms with Gasteiger partial charge in [-0.2, -0.15) is 0 Å². The second-order valence-electron chi connectivity index (χ2n) is 6.20. The van der Waals surface area contributed by atoms with Gasteiger partial charge in [0.25, 0.3) is 5.91 Å². The lowest BCUT2D eigenvalue weighted by molar-refractivity contribution is 0.0945. The molecule has 0 aliphatic carbocycles. The van der Waals surface area contributed by atoms with E-state index in [1.165, 1.54) is 6.07 Å². The molecule has 8 heteroatoms. The summed E-state index contributed by atoms with van der Waals surface area (Å²) < 4.78 is 40.3. The summed E-state index contributed by atoms with van der Waals surface area (Å²) in [5.74, 6) is -4.36. The van der Waals surface area contributed by atoms with Gasteiger partial charge < -0.3 is 10.6 Å². The molecule has 0 aliphatic heterocycles. The Morgan fingerprint density at radius 3 is 2.39 bits per heavy atom. The van der Waals surface area contributed by atoms with Crippen molar-refractivity contribution in [3.8, 4) is 0 Å². The van der Waals surface area contributed by atoms with E-state index >= 15 is 0 Å². The predicted molar refractivity (Wildman–Crippen MR) is 98.7 cm³/mol. The highest BCUT2D eigenvalue weighted by molar-refractivity contribution is 5.93. The first-order valence-corrected chi connectivity index (χ1v) is 8.43. The summed E-state index contributed by atoms with van der Waals surface area (Å²) in [6.45, 7) is 3.84. The van der Waals surface area contributed by atoms with Crippen LogP contribution in [0.2, 0.25) is 0 Å². The van der Waals surface area contributed by atoms with Crippen molar-refractivity contribution in [1.82, 2.24) is 15.3 Å². The van der Waals surface area contributed by atoms with Gasteiger partial charge in [-0.25, -0.2) is 23.1 Å². The summed E-state index contributed by atoms with van der Waals surface area (Å²) in [5, 5.41) is 5.28. The Hall–Kier alpha value is -3.42. The number of benzene rings is 2. The number of amides is 1. The molecule has 1 aromatic heterocycles. The molecule has 1 amide bonds. The first-order valence-electron chi connectivity index (χ1n) is 8.43. The molecule has 3 aromatic rings. The van der Waals surface area contributed by atoms with Gasteiger partial charge in [0, 0.05) is 12.6 Å². The number of halogens is 3. The maximum absolute atomic E-state index is 13.8. The summed E-state index contributed by atoms with van der Waals surface area (Å²) in [6.07, 6.45) is 0. The molecule has 2 aromatic carbocycles. The third-order valence-electron chi connectivity index (χ3n) is 3.94. The molecule has 28 heavy (non-hydrogen) atoms. The molecule has 3 rings (SSSR count). The van der Waals surface area contributed by atoms with E-state index in [1.807, 2.05) is 31.2 Å². The van der Waals surface area contributed by atoms with Gasteiger partial charge in [0.05, 0.1) is 5.69 Å². The highest BCUT2D eigenvalue weighted by Crippen LogP contribution is 2.23. The van der Waals surface area contributed by atoms with Crippen LogP contribution in [0.3, 0.4) is 0 Å². The Kier molecular flexibility index (Phi) is 5.58. The van der Waals surface area contributed by atoms with E-state index in [-0.39, 0.29) is 23.0 Å². The Morgan fingerprint density at radius 2 is 1.68 bits per heavy atom. The van der Waals surface area contributed by atoms with Crippen molar-refractivity contribution in [3.63, 3.8) is 0 Å². The standard InChI is InChI=1S/C20H17F3N4O/c1-11-3-5-13(6-4-11)10-24-20(28)16-9-17(26-12(2)25-16)27-15-8-7-14(21)18(22)19(15)23/h3-9H,10H2,1-2H3,(H,24,28)(H,25,26,27). The van der Waals surface area contributed by atoms with Gasteiger partial charge >= 0.3 is 0 Å². The van der Waals surface area contributed by atoms with Crippen LogP contribution in [-0.4, -0.2) is 15.9 Å². The summed E-state index contributed by atoms with van der Waals surface area (Å²) in [5.41, 5.74) is 1.79. The van der Waals surface area contributed by atoms with Crippen molar-refractivity contribution in [2.45, 2.75) is 20.4 Å². The van der Waals surface area contributed by atoms with Crippen molar-refractivity contribution >= 4 is 17.4 Å². The zero-order valence-electron chi connectivity index (χ0n) is 15.2. The molecule has 2 N–H and O–H groups in total. The fourth-order valence-electron chi connectivity index (χ4n) is 2.49. The maximum atomic E-state index is 13.8. The molecule has 0 saturated carbocycles. The first kappa shape index (κ1) is 19.3. The molecule has 0 bridgehead atoms.